The fourth-order valence-corrected chi connectivity index (χ4v) is 2.10. The molecule has 0 fully saturated rings. The van der Waals surface area contributed by atoms with Crippen LogP contribution in [0.2, 0.25) is 0 Å². The second kappa shape index (κ2) is 5.54. The largest absolute Gasteiger partial charge is 0.359 e. The first kappa shape index (κ1) is 13.1. The van der Waals surface area contributed by atoms with Gasteiger partial charge in [0.15, 0.2) is 0 Å². The van der Waals surface area contributed by atoms with E-state index in [1.165, 1.54) is 11.3 Å². The summed E-state index contributed by atoms with van der Waals surface area (Å²) in [7, 11) is 0. The van der Waals surface area contributed by atoms with Crippen LogP contribution in [0.15, 0.2) is 12.4 Å². The predicted octanol–water partition coefficient (Wildman–Crippen LogP) is 1.05. The van der Waals surface area contributed by atoms with Crippen LogP contribution in [0.1, 0.15) is 9.88 Å². The summed E-state index contributed by atoms with van der Waals surface area (Å²) in [5.41, 5.74) is 2.03. The lowest BCUT2D eigenvalue weighted by Gasteiger charge is -2.05. The SMILES string of the molecule is Cc1ncc(CNc2nc(NN)ncc2[N+](=O)[O-])s1. The number of thiazole rings is 1. The second-order valence-corrected chi connectivity index (χ2v) is 4.85. The molecule has 2 aromatic heterocycles. The molecule has 0 bridgehead atoms. The standard InChI is InChI=1S/C9H11N7O2S/c1-5-11-2-6(19-5)3-12-8-7(16(17)18)4-13-9(14-8)15-10/h2,4H,3,10H2,1H3,(H2,12,13,14,15). The smallest absolute Gasteiger partial charge is 0.329 e. The molecule has 2 heterocycles. The van der Waals surface area contributed by atoms with Gasteiger partial charge >= 0.3 is 5.69 Å². The van der Waals surface area contributed by atoms with Crippen molar-refractivity contribution in [3.63, 3.8) is 0 Å². The Kier molecular flexibility index (Phi) is 3.82. The summed E-state index contributed by atoms with van der Waals surface area (Å²) in [5, 5.41) is 14.7. The van der Waals surface area contributed by atoms with E-state index < -0.39 is 4.92 Å². The molecule has 10 heteroatoms. The van der Waals surface area contributed by atoms with Gasteiger partial charge in [-0.15, -0.1) is 11.3 Å². The van der Waals surface area contributed by atoms with Gasteiger partial charge in [-0.2, -0.15) is 4.98 Å². The molecule has 2 rings (SSSR count). The molecular formula is C9H11N7O2S. The average Bonchev–Trinajstić information content (AvgIpc) is 2.81. The molecular weight excluding hydrogens is 270 g/mol. The second-order valence-electron chi connectivity index (χ2n) is 3.53. The van der Waals surface area contributed by atoms with E-state index in [-0.39, 0.29) is 17.5 Å². The minimum atomic E-state index is -0.555. The highest BCUT2D eigenvalue weighted by Crippen LogP contribution is 2.23. The van der Waals surface area contributed by atoms with Crippen molar-refractivity contribution in [2.24, 2.45) is 5.84 Å². The van der Waals surface area contributed by atoms with Crippen LogP contribution < -0.4 is 16.6 Å². The van der Waals surface area contributed by atoms with Crippen LogP contribution in [0.4, 0.5) is 17.5 Å². The van der Waals surface area contributed by atoms with Crippen molar-refractivity contribution >= 4 is 28.8 Å². The van der Waals surface area contributed by atoms with E-state index in [1.807, 2.05) is 6.92 Å². The number of nitrogens with zero attached hydrogens (tertiary/aromatic N) is 4. The summed E-state index contributed by atoms with van der Waals surface area (Å²) in [6, 6.07) is 0. The third kappa shape index (κ3) is 3.11. The van der Waals surface area contributed by atoms with Crippen LogP contribution in [0.25, 0.3) is 0 Å². The van der Waals surface area contributed by atoms with Gasteiger partial charge in [-0.05, 0) is 6.92 Å². The average molecular weight is 281 g/mol. The lowest BCUT2D eigenvalue weighted by Crippen LogP contribution is -2.13. The number of aromatic nitrogens is 3. The number of hydrogen-bond donors (Lipinski definition) is 3. The highest BCUT2D eigenvalue weighted by atomic mass is 32.1. The number of rotatable bonds is 5. The topological polar surface area (TPSA) is 132 Å². The molecule has 0 unspecified atom stereocenters. The van der Waals surface area contributed by atoms with E-state index in [2.05, 4.69) is 25.7 Å². The third-order valence-corrected chi connectivity index (χ3v) is 3.11. The van der Waals surface area contributed by atoms with E-state index in [0.29, 0.717) is 6.54 Å². The first-order valence-corrected chi connectivity index (χ1v) is 6.05. The summed E-state index contributed by atoms with van der Waals surface area (Å²) in [6.45, 7) is 2.28. The number of nitrogen functional groups attached to an aromatic ring is 1. The molecule has 0 aliphatic heterocycles. The molecule has 0 aliphatic carbocycles. The van der Waals surface area contributed by atoms with Gasteiger partial charge < -0.3 is 5.32 Å². The highest BCUT2D eigenvalue weighted by molar-refractivity contribution is 7.11. The van der Waals surface area contributed by atoms with Gasteiger partial charge in [-0.1, -0.05) is 0 Å². The van der Waals surface area contributed by atoms with Gasteiger partial charge in [-0.25, -0.2) is 15.8 Å². The summed E-state index contributed by atoms with van der Waals surface area (Å²) >= 11 is 1.50. The molecule has 0 radical (unpaired) electrons. The Balaban J connectivity index is 2.19. The summed E-state index contributed by atoms with van der Waals surface area (Å²) in [6.07, 6.45) is 2.81. The molecule has 2 aromatic rings. The lowest BCUT2D eigenvalue weighted by molar-refractivity contribution is -0.384. The normalized spacial score (nSPS) is 10.2. The van der Waals surface area contributed by atoms with Crippen molar-refractivity contribution in [3.05, 3.63) is 32.4 Å². The summed E-state index contributed by atoms with van der Waals surface area (Å²) in [4.78, 5) is 23.0. The van der Waals surface area contributed by atoms with Crippen molar-refractivity contribution < 1.29 is 4.92 Å². The number of hydrogen-bond acceptors (Lipinski definition) is 9. The van der Waals surface area contributed by atoms with Gasteiger partial charge in [0.2, 0.25) is 11.8 Å². The van der Waals surface area contributed by atoms with Gasteiger partial charge in [-0.3, -0.25) is 15.5 Å². The van der Waals surface area contributed by atoms with E-state index in [1.54, 1.807) is 6.20 Å². The Labute approximate surface area is 112 Å². The fraction of sp³-hybridized carbons (Fsp3) is 0.222. The molecule has 0 spiro atoms. The molecule has 4 N–H and O–H groups in total. The van der Waals surface area contributed by atoms with Crippen molar-refractivity contribution in [1.82, 2.24) is 15.0 Å². The Hall–Kier alpha value is -2.33. The summed E-state index contributed by atoms with van der Waals surface area (Å²) in [5.74, 6) is 5.39. The molecule has 0 saturated heterocycles. The van der Waals surface area contributed by atoms with Gasteiger partial charge in [0, 0.05) is 11.1 Å². The maximum atomic E-state index is 10.9. The van der Waals surface area contributed by atoms with Crippen molar-refractivity contribution in [2.45, 2.75) is 13.5 Å². The first-order valence-electron chi connectivity index (χ1n) is 5.23. The molecule has 0 aromatic carbocycles. The maximum Gasteiger partial charge on any atom is 0.329 e. The number of aryl methyl sites for hydroxylation is 1. The van der Waals surface area contributed by atoms with Gasteiger partial charge in [0.1, 0.15) is 6.20 Å². The van der Waals surface area contributed by atoms with Crippen molar-refractivity contribution in [1.29, 1.82) is 0 Å². The number of nitrogens with two attached hydrogens (primary N) is 1. The number of nitrogens with one attached hydrogen (secondary N) is 2. The first-order chi connectivity index (χ1) is 9.10. The zero-order valence-corrected chi connectivity index (χ0v) is 10.8. The highest BCUT2D eigenvalue weighted by Gasteiger charge is 2.17. The molecule has 100 valence electrons. The van der Waals surface area contributed by atoms with Gasteiger partial charge in [0.05, 0.1) is 16.5 Å². The molecule has 9 nitrogen and oxygen atoms in total. The van der Waals surface area contributed by atoms with Crippen LogP contribution >= 0.6 is 11.3 Å². The molecule has 0 atom stereocenters. The molecule has 19 heavy (non-hydrogen) atoms. The quantitative estimate of drug-likeness (QED) is 0.421. The Bertz CT molecular complexity index is 600. The van der Waals surface area contributed by atoms with Crippen molar-refractivity contribution in [3.8, 4) is 0 Å². The van der Waals surface area contributed by atoms with Crippen molar-refractivity contribution in [2.75, 3.05) is 10.7 Å². The molecule has 0 amide bonds. The molecule has 0 saturated carbocycles. The predicted molar refractivity (Wildman–Crippen MR) is 70.7 cm³/mol. The van der Waals surface area contributed by atoms with Crippen LogP contribution in [0.5, 0.6) is 0 Å². The Morgan fingerprint density at radius 3 is 2.84 bits per heavy atom. The zero-order chi connectivity index (χ0) is 13.8. The minimum absolute atomic E-state index is 0.105. The number of anilines is 2. The zero-order valence-electron chi connectivity index (χ0n) is 9.95. The Morgan fingerprint density at radius 2 is 2.26 bits per heavy atom. The fourth-order valence-electron chi connectivity index (χ4n) is 1.37. The van der Waals surface area contributed by atoms with Crippen LogP contribution in [-0.2, 0) is 6.54 Å². The number of hydrazine groups is 1. The van der Waals surface area contributed by atoms with Crippen LogP contribution in [0.3, 0.4) is 0 Å². The van der Waals surface area contributed by atoms with E-state index in [4.69, 9.17) is 5.84 Å². The summed E-state index contributed by atoms with van der Waals surface area (Å²) < 4.78 is 0. The van der Waals surface area contributed by atoms with Crippen LogP contribution in [-0.4, -0.2) is 19.9 Å². The monoisotopic (exact) mass is 281 g/mol. The molecule has 0 aliphatic rings. The maximum absolute atomic E-state index is 10.9. The minimum Gasteiger partial charge on any atom is -0.359 e. The van der Waals surface area contributed by atoms with Crippen LogP contribution in [0, 0.1) is 17.0 Å². The third-order valence-electron chi connectivity index (χ3n) is 2.19. The number of nitro groups is 1. The van der Waals surface area contributed by atoms with Gasteiger partial charge in [0.25, 0.3) is 0 Å². The van der Waals surface area contributed by atoms with E-state index in [0.717, 1.165) is 16.1 Å². The van der Waals surface area contributed by atoms with E-state index >= 15 is 0 Å². The lowest BCUT2D eigenvalue weighted by atomic mass is 10.4. The Morgan fingerprint density at radius 1 is 1.47 bits per heavy atom. The van der Waals surface area contributed by atoms with E-state index in [9.17, 15) is 10.1 Å².